The second-order valence-electron chi connectivity index (χ2n) is 4.89. The van der Waals surface area contributed by atoms with Crippen LogP contribution in [0, 0.1) is 17.0 Å². The molecule has 7 nitrogen and oxygen atoms in total. The summed E-state index contributed by atoms with van der Waals surface area (Å²) in [5, 5.41) is 10.9. The van der Waals surface area contributed by atoms with Gasteiger partial charge in [0.15, 0.2) is 15.7 Å². The molecule has 1 aromatic heterocycles. The highest BCUT2D eigenvalue weighted by Crippen LogP contribution is 2.17. The fourth-order valence-corrected chi connectivity index (χ4v) is 3.35. The molecule has 22 heavy (non-hydrogen) atoms. The van der Waals surface area contributed by atoms with Crippen LogP contribution in [-0.4, -0.2) is 28.6 Å². The molecule has 8 heteroatoms. The Morgan fingerprint density at radius 1 is 1.27 bits per heavy atom. The van der Waals surface area contributed by atoms with E-state index in [2.05, 4.69) is 4.98 Å². The number of nitro groups is 1. The standard InChI is InChI=1S/C14H17N3O4S/c1-3-12-4-6-13(7-5-12)22(20,21)9-8-16-11(2)15-10-14(16)17(18)19/h4-7,10H,3,8-9H2,1-2H3. The maximum absolute atomic E-state index is 12.3. The number of sulfone groups is 1. The molecule has 0 fully saturated rings. The van der Waals surface area contributed by atoms with Crippen molar-refractivity contribution in [2.24, 2.45) is 0 Å². The molecule has 0 unspecified atom stereocenters. The Morgan fingerprint density at radius 3 is 2.45 bits per heavy atom. The minimum absolute atomic E-state index is 0.00000913. The zero-order valence-electron chi connectivity index (χ0n) is 12.4. The summed E-state index contributed by atoms with van der Waals surface area (Å²) in [6, 6.07) is 6.70. The second-order valence-corrected chi connectivity index (χ2v) is 7.00. The van der Waals surface area contributed by atoms with E-state index < -0.39 is 14.8 Å². The molecule has 0 amide bonds. The fourth-order valence-electron chi connectivity index (χ4n) is 2.14. The molecule has 118 valence electrons. The Hall–Kier alpha value is -2.22. The van der Waals surface area contributed by atoms with Gasteiger partial charge in [-0.15, -0.1) is 0 Å². The second kappa shape index (κ2) is 6.27. The third kappa shape index (κ3) is 3.33. The fraction of sp³-hybridized carbons (Fsp3) is 0.357. The van der Waals surface area contributed by atoms with E-state index in [1.165, 1.54) is 4.57 Å². The van der Waals surface area contributed by atoms with Crippen molar-refractivity contribution in [2.45, 2.75) is 31.7 Å². The third-order valence-corrected chi connectivity index (χ3v) is 5.21. The molecular formula is C14H17N3O4S. The summed E-state index contributed by atoms with van der Waals surface area (Å²) in [6.45, 7) is 3.60. The zero-order valence-corrected chi connectivity index (χ0v) is 13.2. The number of hydrogen-bond acceptors (Lipinski definition) is 5. The first-order chi connectivity index (χ1) is 10.3. The Labute approximate surface area is 128 Å². The van der Waals surface area contributed by atoms with Gasteiger partial charge in [-0.3, -0.25) is 0 Å². The summed E-state index contributed by atoms with van der Waals surface area (Å²) in [4.78, 5) is 14.4. The first-order valence-electron chi connectivity index (χ1n) is 6.83. The van der Waals surface area contributed by atoms with E-state index >= 15 is 0 Å². The maximum atomic E-state index is 12.3. The third-order valence-electron chi connectivity index (χ3n) is 3.50. The first kappa shape index (κ1) is 16.2. The SMILES string of the molecule is CCc1ccc(S(=O)(=O)CCn2c([N+](=O)[O-])cnc2C)cc1. The van der Waals surface area contributed by atoms with E-state index in [9.17, 15) is 18.5 Å². The molecular weight excluding hydrogens is 306 g/mol. The molecule has 2 rings (SSSR count). The number of rotatable bonds is 6. The van der Waals surface area contributed by atoms with E-state index in [0.29, 0.717) is 5.82 Å². The van der Waals surface area contributed by atoms with Gasteiger partial charge in [0.25, 0.3) is 0 Å². The van der Waals surface area contributed by atoms with Gasteiger partial charge in [-0.2, -0.15) is 0 Å². The van der Waals surface area contributed by atoms with Crippen molar-refractivity contribution in [1.82, 2.24) is 9.55 Å². The van der Waals surface area contributed by atoms with Crippen molar-refractivity contribution in [3.05, 3.63) is 52.0 Å². The molecule has 1 aromatic carbocycles. The molecule has 0 atom stereocenters. The lowest BCUT2D eigenvalue weighted by atomic mass is 10.2. The summed E-state index contributed by atoms with van der Waals surface area (Å²) in [5.74, 6) is 0.00789. The molecule has 0 aliphatic carbocycles. The highest BCUT2D eigenvalue weighted by molar-refractivity contribution is 7.91. The van der Waals surface area contributed by atoms with E-state index in [1.807, 2.05) is 6.92 Å². The Morgan fingerprint density at radius 2 is 1.91 bits per heavy atom. The predicted octanol–water partition coefficient (Wildman–Crippen LogP) is 2.14. The van der Waals surface area contributed by atoms with Crippen LogP contribution in [-0.2, 0) is 22.8 Å². The van der Waals surface area contributed by atoms with Gasteiger partial charge in [-0.05, 0) is 29.0 Å². The summed E-state index contributed by atoms with van der Waals surface area (Å²) >= 11 is 0. The van der Waals surface area contributed by atoms with Crippen LogP contribution < -0.4 is 0 Å². The molecule has 0 N–H and O–H groups in total. The smallest absolute Gasteiger partial charge is 0.342 e. The average molecular weight is 323 g/mol. The number of hydrogen-bond donors (Lipinski definition) is 0. The van der Waals surface area contributed by atoms with Gasteiger partial charge < -0.3 is 10.1 Å². The lowest BCUT2D eigenvalue weighted by molar-refractivity contribution is -0.392. The van der Waals surface area contributed by atoms with Crippen LogP contribution in [0.1, 0.15) is 18.3 Å². The number of aromatic nitrogens is 2. The largest absolute Gasteiger partial charge is 0.358 e. The highest BCUT2D eigenvalue weighted by Gasteiger charge is 2.21. The zero-order chi connectivity index (χ0) is 16.3. The van der Waals surface area contributed by atoms with Gasteiger partial charge in [0.05, 0.1) is 10.6 Å². The Kier molecular flexibility index (Phi) is 4.60. The summed E-state index contributed by atoms with van der Waals surface area (Å²) < 4.78 is 25.9. The first-order valence-corrected chi connectivity index (χ1v) is 8.48. The molecule has 2 aromatic rings. The van der Waals surface area contributed by atoms with E-state index in [1.54, 1.807) is 31.2 Å². The normalized spacial score (nSPS) is 11.5. The number of benzene rings is 1. The van der Waals surface area contributed by atoms with Crippen LogP contribution in [0.3, 0.4) is 0 Å². The number of aryl methyl sites for hydroxylation is 2. The monoisotopic (exact) mass is 323 g/mol. The topological polar surface area (TPSA) is 95.1 Å². The molecule has 0 radical (unpaired) electrons. The number of imidazole rings is 1. The van der Waals surface area contributed by atoms with Crippen LogP contribution in [0.15, 0.2) is 35.4 Å². The number of nitrogens with zero attached hydrogens (tertiary/aromatic N) is 3. The van der Waals surface area contributed by atoms with Gasteiger partial charge in [-0.25, -0.2) is 18.0 Å². The summed E-state index contributed by atoms with van der Waals surface area (Å²) in [6.07, 6.45) is 1.97. The van der Waals surface area contributed by atoms with Gasteiger partial charge in [-0.1, -0.05) is 19.1 Å². The molecule has 0 aliphatic rings. The van der Waals surface area contributed by atoms with Crippen LogP contribution in [0.4, 0.5) is 5.82 Å². The molecule has 0 bridgehead atoms. The van der Waals surface area contributed by atoms with Crippen molar-refractivity contribution in [3.63, 3.8) is 0 Å². The molecule has 0 aliphatic heterocycles. The highest BCUT2D eigenvalue weighted by atomic mass is 32.2. The van der Waals surface area contributed by atoms with Crippen LogP contribution in [0.2, 0.25) is 0 Å². The summed E-state index contributed by atoms with van der Waals surface area (Å²) in [7, 11) is -3.49. The lowest BCUT2D eigenvalue weighted by Gasteiger charge is -2.06. The van der Waals surface area contributed by atoms with Crippen molar-refractivity contribution < 1.29 is 13.3 Å². The van der Waals surface area contributed by atoms with E-state index in [4.69, 9.17) is 0 Å². The van der Waals surface area contributed by atoms with Crippen LogP contribution in [0.25, 0.3) is 0 Å². The average Bonchev–Trinajstić information content (AvgIpc) is 2.86. The predicted molar refractivity (Wildman–Crippen MR) is 81.5 cm³/mol. The molecule has 0 saturated heterocycles. The quantitative estimate of drug-likeness (QED) is 0.599. The minimum Gasteiger partial charge on any atom is -0.358 e. The lowest BCUT2D eigenvalue weighted by Crippen LogP contribution is -2.15. The van der Waals surface area contributed by atoms with Gasteiger partial charge in [0.2, 0.25) is 0 Å². The molecule has 0 spiro atoms. The molecule has 0 saturated carbocycles. The van der Waals surface area contributed by atoms with E-state index in [-0.39, 0.29) is 23.0 Å². The van der Waals surface area contributed by atoms with Gasteiger partial charge in [0, 0.05) is 6.92 Å². The van der Waals surface area contributed by atoms with Crippen LogP contribution in [0.5, 0.6) is 0 Å². The summed E-state index contributed by atoms with van der Waals surface area (Å²) in [5.41, 5.74) is 1.06. The van der Waals surface area contributed by atoms with E-state index in [0.717, 1.165) is 18.2 Å². The van der Waals surface area contributed by atoms with Crippen molar-refractivity contribution >= 4 is 15.7 Å². The van der Waals surface area contributed by atoms with Crippen molar-refractivity contribution in [2.75, 3.05) is 5.75 Å². The van der Waals surface area contributed by atoms with Crippen molar-refractivity contribution in [1.29, 1.82) is 0 Å². The minimum atomic E-state index is -3.49. The van der Waals surface area contributed by atoms with Crippen molar-refractivity contribution in [3.8, 4) is 0 Å². The van der Waals surface area contributed by atoms with Gasteiger partial charge >= 0.3 is 5.82 Å². The van der Waals surface area contributed by atoms with Crippen LogP contribution >= 0.6 is 0 Å². The molecule has 1 heterocycles. The van der Waals surface area contributed by atoms with Gasteiger partial charge in [0.1, 0.15) is 12.7 Å². The maximum Gasteiger partial charge on any atom is 0.342 e. The Bertz CT molecular complexity index is 779. The Balaban J connectivity index is 2.19.